The Balaban J connectivity index is 1.98. The maximum absolute atomic E-state index is 5.30. The normalized spacial score (nSPS) is 23.7. The minimum absolute atomic E-state index is 0.483. The van der Waals surface area contributed by atoms with Gasteiger partial charge in [-0.25, -0.2) is 0 Å². The molecular weight excluding hydrogens is 282 g/mol. The summed E-state index contributed by atoms with van der Waals surface area (Å²) in [6.45, 7) is 4.46. The van der Waals surface area contributed by atoms with Crippen molar-refractivity contribution in [3.8, 4) is 5.75 Å². The van der Waals surface area contributed by atoms with Crippen LogP contribution in [0.5, 0.6) is 5.75 Å². The Hall–Kier alpha value is -1.62. The topological polar surface area (TPSA) is 45.6 Å². The second-order valence-corrected chi connectivity index (χ2v) is 5.94. The third-order valence-corrected chi connectivity index (χ3v) is 4.12. The number of ether oxygens (including phenoxy) is 1. The lowest BCUT2D eigenvalue weighted by molar-refractivity contribution is 0.417. The molecule has 2 N–H and O–H groups in total. The van der Waals surface area contributed by atoms with Crippen LogP contribution in [0.4, 0.5) is 5.69 Å². The summed E-state index contributed by atoms with van der Waals surface area (Å²) in [5.41, 5.74) is 5.01. The molecule has 0 unspecified atom stereocenters. The second-order valence-electron chi connectivity index (χ2n) is 5.54. The minimum atomic E-state index is 0.483. The van der Waals surface area contributed by atoms with Gasteiger partial charge in [0.05, 0.1) is 12.8 Å². The zero-order valence-corrected chi connectivity index (χ0v) is 13.7. The van der Waals surface area contributed by atoms with E-state index in [1.54, 1.807) is 7.11 Å². The molecule has 0 bridgehead atoms. The summed E-state index contributed by atoms with van der Waals surface area (Å²) in [6.07, 6.45) is 3.69. The number of hydrogen-bond donors (Lipinski definition) is 2. The van der Waals surface area contributed by atoms with Crippen LogP contribution < -0.4 is 15.5 Å². The zero-order chi connectivity index (χ0) is 15.2. The van der Waals surface area contributed by atoms with Gasteiger partial charge in [0.25, 0.3) is 0 Å². The van der Waals surface area contributed by atoms with Gasteiger partial charge < -0.3 is 10.1 Å². The van der Waals surface area contributed by atoms with Gasteiger partial charge >= 0.3 is 0 Å². The van der Waals surface area contributed by atoms with E-state index in [0.717, 1.165) is 11.4 Å². The van der Waals surface area contributed by atoms with Crippen molar-refractivity contribution in [3.05, 3.63) is 24.3 Å². The highest BCUT2D eigenvalue weighted by molar-refractivity contribution is 7.80. The molecule has 0 amide bonds. The van der Waals surface area contributed by atoms with E-state index < -0.39 is 0 Å². The first-order valence-electron chi connectivity index (χ1n) is 7.39. The Morgan fingerprint density at radius 1 is 1.24 bits per heavy atom. The van der Waals surface area contributed by atoms with Gasteiger partial charge in [-0.1, -0.05) is 32.4 Å². The van der Waals surface area contributed by atoms with Crippen LogP contribution in [0.3, 0.4) is 0 Å². The largest absolute Gasteiger partial charge is 0.495 e. The summed E-state index contributed by atoms with van der Waals surface area (Å²) < 4.78 is 5.29. The van der Waals surface area contributed by atoms with Crippen LogP contribution in [-0.2, 0) is 0 Å². The summed E-state index contributed by atoms with van der Waals surface area (Å²) in [5.74, 6) is 1.80. The number of anilines is 1. The standard InChI is InChI=1S/C16H23N3OS/c1-11-7-6-8-12(2)15(11)18-19-16(21)17-13-9-4-5-10-14(13)20-3/h4-5,9-12H,6-8H2,1-3H3,(H2,17,19,21)/t11-,12+. The van der Waals surface area contributed by atoms with Crippen molar-refractivity contribution in [1.29, 1.82) is 0 Å². The van der Waals surface area contributed by atoms with Gasteiger partial charge in [0.1, 0.15) is 5.75 Å². The van der Waals surface area contributed by atoms with Gasteiger partial charge in [-0.15, -0.1) is 0 Å². The van der Waals surface area contributed by atoms with Crippen LogP contribution in [0.2, 0.25) is 0 Å². The van der Waals surface area contributed by atoms with E-state index in [9.17, 15) is 0 Å². The molecule has 5 heteroatoms. The fraction of sp³-hybridized carbons (Fsp3) is 0.500. The lowest BCUT2D eigenvalue weighted by Gasteiger charge is -2.26. The molecule has 0 radical (unpaired) electrons. The molecule has 21 heavy (non-hydrogen) atoms. The lowest BCUT2D eigenvalue weighted by atomic mass is 9.81. The van der Waals surface area contributed by atoms with Crippen molar-refractivity contribution in [2.45, 2.75) is 33.1 Å². The number of para-hydroxylation sites is 2. The number of benzene rings is 1. The highest BCUT2D eigenvalue weighted by Crippen LogP contribution is 2.26. The number of nitrogens with zero attached hydrogens (tertiary/aromatic N) is 1. The number of methoxy groups -OCH3 is 1. The average Bonchev–Trinajstić information content (AvgIpc) is 2.47. The first-order valence-corrected chi connectivity index (χ1v) is 7.80. The number of nitrogens with one attached hydrogen (secondary N) is 2. The molecule has 1 aliphatic rings. The maximum Gasteiger partial charge on any atom is 0.191 e. The van der Waals surface area contributed by atoms with Gasteiger partial charge in [-0.3, -0.25) is 5.43 Å². The van der Waals surface area contributed by atoms with Gasteiger partial charge in [0.15, 0.2) is 5.11 Å². The smallest absolute Gasteiger partial charge is 0.191 e. The predicted molar refractivity (Wildman–Crippen MR) is 92.0 cm³/mol. The lowest BCUT2D eigenvalue weighted by Crippen LogP contribution is -2.31. The zero-order valence-electron chi connectivity index (χ0n) is 12.8. The Morgan fingerprint density at radius 3 is 2.57 bits per heavy atom. The molecule has 114 valence electrons. The van der Waals surface area contributed by atoms with Gasteiger partial charge in [-0.2, -0.15) is 5.10 Å². The highest BCUT2D eigenvalue weighted by Gasteiger charge is 2.22. The SMILES string of the molecule is COc1ccccc1NC(=S)NN=C1[C@H](C)CCC[C@@H]1C. The predicted octanol–water partition coefficient (Wildman–Crippen LogP) is 3.79. The molecule has 0 spiro atoms. The molecule has 1 aliphatic carbocycles. The van der Waals surface area contributed by atoms with E-state index >= 15 is 0 Å². The third-order valence-electron chi connectivity index (χ3n) is 3.93. The van der Waals surface area contributed by atoms with Gasteiger partial charge in [0.2, 0.25) is 0 Å². The van der Waals surface area contributed by atoms with Crippen LogP contribution >= 0.6 is 12.2 Å². The van der Waals surface area contributed by atoms with E-state index in [2.05, 4.69) is 29.7 Å². The van der Waals surface area contributed by atoms with Crippen LogP contribution in [0, 0.1) is 11.8 Å². The molecule has 0 saturated heterocycles. The van der Waals surface area contributed by atoms with E-state index in [4.69, 9.17) is 17.0 Å². The van der Waals surface area contributed by atoms with Crippen molar-refractivity contribution in [2.75, 3.05) is 12.4 Å². The second kappa shape index (κ2) is 7.41. The molecule has 2 rings (SSSR count). The number of hydrogen-bond acceptors (Lipinski definition) is 3. The Bertz CT molecular complexity index is 518. The summed E-state index contributed by atoms with van der Waals surface area (Å²) in [4.78, 5) is 0. The number of rotatable bonds is 3. The summed E-state index contributed by atoms with van der Waals surface area (Å²) in [7, 11) is 1.64. The van der Waals surface area contributed by atoms with Crippen LogP contribution in [0.25, 0.3) is 0 Å². The molecule has 0 aliphatic heterocycles. The van der Waals surface area contributed by atoms with Crippen LogP contribution in [0.1, 0.15) is 33.1 Å². The minimum Gasteiger partial charge on any atom is -0.495 e. The Morgan fingerprint density at radius 2 is 1.90 bits per heavy atom. The fourth-order valence-electron chi connectivity index (χ4n) is 2.75. The summed E-state index contributed by atoms with van der Waals surface area (Å²) in [5, 5.41) is 8.12. The average molecular weight is 305 g/mol. The first kappa shape index (κ1) is 15.8. The quantitative estimate of drug-likeness (QED) is 0.659. The summed E-state index contributed by atoms with van der Waals surface area (Å²) in [6, 6.07) is 7.67. The van der Waals surface area contributed by atoms with Crippen LogP contribution in [0.15, 0.2) is 29.4 Å². The fourth-order valence-corrected chi connectivity index (χ4v) is 2.90. The van der Waals surface area contributed by atoms with Gasteiger partial charge in [-0.05, 0) is 49.0 Å². The Kier molecular flexibility index (Phi) is 5.56. The van der Waals surface area contributed by atoms with Gasteiger partial charge in [0, 0.05) is 5.71 Å². The summed E-state index contributed by atoms with van der Waals surface area (Å²) >= 11 is 5.30. The molecular formula is C16H23N3OS. The van der Waals surface area contributed by atoms with E-state index in [0.29, 0.717) is 16.9 Å². The van der Waals surface area contributed by atoms with Crippen LogP contribution in [-0.4, -0.2) is 17.9 Å². The van der Waals surface area contributed by atoms with Crippen molar-refractivity contribution in [2.24, 2.45) is 16.9 Å². The molecule has 0 heterocycles. The number of hydrazone groups is 1. The van der Waals surface area contributed by atoms with E-state index in [-0.39, 0.29) is 0 Å². The molecule has 2 atom stereocenters. The third kappa shape index (κ3) is 4.17. The molecule has 1 aromatic carbocycles. The number of thiocarbonyl (C=S) groups is 1. The highest BCUT2D eigenvalue weighted by atomic mass is 32.1. The van der Waals surface area contributed by atoms with Crippen molar-refractivity contribution in [3.63, 3.8) is 0 Å². The molecule has 1 fully saturated rings. The van der Waals surface area contributed by atoms with E-state index in [1.165, 1.54) is 25.0 Å². The van der Waals surface area contributed by atoms with Crippen molar-refractivity contribution >= 4 is 28.7 Å². The van der Waals surface area contributed by atoms with Crippen molar-refractivity contribution < 1.29 is 4.74 Å². The Labute approximate surface area is 132 Å². The molecule has 0 aromatic heterocycles. The molecule has 4 nitrogen and oxygen atoms in total. The molecule has 1 aromatic rings. The van der Waals surface area contributed by atoms with E-state index in [1.807, 2.05) is 24.3 Å². The molecule has 1 saturated carbocycles. The maximum atomic E-state index is 5.30. The van der Waals surface area contributed by atoms with Crippen molar-refractivity contribution in [1.82, 2.24) is 5.43 Å². The first-order chi connectivity index (χ1) is 10.1. The monoisotopic (exact) mass is 305 g/mol.